The zero-order valence-corrected chi connectivity index (χ0v) is 15.1. The molecule has 2 aromatic carbocycles. The van der Waals surface area contributed by atoms with Crippen molar-refractivity contribution < 1.29 is 26.3 Å². The number of alkyl halides is 3. The van der Waals surface area contributed by atoms with Gasteiger partial charge in [-0.1, -0.05) is 13.8 Å². The molecule has 0 aliphatic carbocycles. The van der Waals surface area contributed by atoms with E-state index in [4.69, 9.17) is 4.74 Å². The maximum atomic E-state index is 12.8. The van der Waals surface area contributed by atoms with Crippen LogP contribution in [-0.2, 0) is 16.0 Å². The van der Waals surface area contributed by atoms with Crippen LogP contribution in [0.25, 0.3) is 0 Å². The molecule has 7 heteroatoms. The van der Waals surface area contributed by atoms with E-state index in [9.17, 15) is 21.6 Å². The van der Waals surface area contributed by atoms with Crippen molar-refractivity contribution in [2.45, 2.75) is 42.7 Å². The molecule has 25 heavy (non-hydrogen) atoms. The van der Waals surface area contributed by atoms with Gasteiger partial charge in [0.1, 0.15) is 10.6 Å². The molecule has 0 saturated heterocycles. The monoisotopic (exact) mass is 372 g/mol. The fourth-order valence-electron chi connectivity index (χ4n) is 2.62. The van der Waals surface area contributed by atoms with E-state index in [1.54, 1.807) is 13.0 Å². The van der Waals surface area contributed by atoms with Crippen molar-refractivity contribution in [1.29, 1.82) is 0 Å². The summed E-state index contributed by atoms with van der Waals surface area (Å²) in [4.78, 5) is -0.271. The number of aryl methyl sites for hydroxylation is 1. The fraction of sp³-hybridized carbons (Fsp3) is 0.333. The highest BCUT2D eigenvalue weighted by Crippen LogP contribution is 2.35. The van der Waals surface area contributed by atoms with E-state index in [0.717, 1.165) is 35.4 Å². The smallest absolute Gasteiger partial charge is 0.416 e. The normalized spacial score (nSPS) is 12.5. The van der Waals surface area contributed by atoms with Gasteiger partial charge in [-0.05, 0) is 60.4 Å². The molecule has 0 spiro atoms. The summed E-state index contributed by atoms with van der Waals surface area (Å²) in [5, 5.41) is 0. The molecule has 0 fully saturated rings. The third-order valence-corrected chi connectivity index (χ3v) is 5.75. The van der Waals surface area contributed by atoms with E-state index < -0.39 is 21.6 Å². The van der Waals surface area contributed by atoms with E-state index in [1.165, 1.54) is 13.2 Å². The van der Waals surface area contributed by atoms with Gasteiger partial charge in [0.05, 0.1) is 17.6 Å². The summed E-state index contributed by atoms with van der Waals surface area (Å²) in [5.41, 5.74) is 0.828. The predicted octanol–water partition coefficient (Wildman–Crippen LogP) is 4.98. The Morgan fingerprint density at radius 1 is 1.04 bits per heavy atom. The summed E-state index contributed by atoms with van der Waals surface area (Å²) in [6, 6.07) is 6.61. The van der Waals surface area contributed by atoms with Crippen molar-refractivity contribution in [3.8, 4) is 5.75 Å². The Morgan fingerprint density at radius 2 is 1.60 bits per heavy atom. The fourth-order valence-corrected chi connectivity index (χ4v) is 4.11. The first-order valence-electron chi connectivity index (χ1n) is 7.59. The van der Waals surface area contributed by atoms with Gasteiger partial charge in [0.2, 0.25) is 9.84 Å². The van der Waals surface area contributed by atoms with Crippen LogP contribution < -0.4 is 4.74 Å². The van der Waals surface area contributed by atoms with E-state index in [2.05, 4.69) is 0 Å². The third-order valence-electron chi connectivity index (χ3n) is 3.96. The molecule has 136 valence electrons. The predicted molar refractivity (Wildman–Crippen MR) is 88.7 cm³/mol. The highest BCUT2D eigenvalue weighted by molar-refractivity contribution is 7.91. The van der Waals surface area contributed by atoms with Crippen LogP contribution in [0.3, 0.4) is 0 Å². The second-order valence-electron chi connectivity index (χ2n) is 6.04. The zero-order valence-electron chi connectivity index (χ0n) is 14.3. The lowest BCUT2D eigenvalue weighted by molar-refractivity contribution is -0.137. The molecule has 0 radical (unpaired) electrons. The van der Waals surface area contributed by atoms with Gasteiger partial charge in [0, 0.05) is 0 Å². The Hall–Kier alpha value is -2.02. The van der Waals surface area contributed by atoms with Crippen LogP contribution in [0.5, 0.6) is 5.75 Å². The number of halogens is 3. The zero-order chi connectivity index (χ0) is 19.0. The first kappa shape index (κ1) is 19.3. The number of hydrogen-bond acceptors (Lipinski definition) is 3. The lowest BCUT2D eigenvalue weighted by atomic mass is 9.98. The van der Waals surface area contributed by atoms with Gasteiger partial charge >= 0.3 is 6.18 Å². The topological polar surface area (TPSA) is 43.4 Å². The van der Waals surface area contributed by atoms with Crippen molar-refractivity contribution in [2.75, 3.05) is 7.11 Å². The number of methoxy groups -OCH3 is 1. The molecule has 0 unspecified atom stereocenters. The number of sulfone groups is 1. The van der Waals surface area contributed by atoms with Gasteiger partial charge in [-0.3, -0.25) is 0 Å². The van der Waals surface area contributed by atoms with Crippen molar-refractivity contribution in [3.05, 3.63) is 53.1 Å². The molecule has 0 bridgehead atoms. The number of ether oxygens (including phenoxy) is 1. The first-order chi connectivity index (χ1) is 11.5. The Balaban J connectivity index is 2.58. The van der Waals surface area contributed by atoms with Crippen molar-refractivity contribution in [2.24, 2.45) is 0 Å². The van der Waals surface area contributed by atoms with E-state index in [-0.39, 0.29) is 21.5 Å². The summed E-state index contributed by atoms with van der Waals surface area (Å²) in [7, 11) is -2.64. The minimum Gasteiger partial charge on any atom is -0.495 e. The minimum absolute atomic E-state index is 0.0586. The molecule has 2 aromatic rings. The van der Waals surface area contributed by atoms with Gasteiger partial charge < -0.3 is 4.74 Å². The Kier molecular flexibility index (Phi) is 5.18. The Bertz CT molecular complexity index is 868. The highest BCUT2D eigenvalue weighted by Gasteiger charge is 2.31. The Morgan fingerprint density at radius 3 is 2.04 bits per heavy atom. The molecule has 0 saturated carbocycles. The van der Waals surface area contributed by atoms with Gasteiger partial charge in [-0.2, -0.15) is 13.2 Å². The molecule has 0 N–H and O–H groups in total. The number of benzene rings is 2. The van der Waals surface area contributed by atoms with E-state index in [0.29, 0.717) is 0 Å². The van der Waals surface area contributed by atoms with Gasteiger partial charge in [-0.15, -0.1) is 0 Å². The van der Waals surface area contributed by atoms with Crippen LogP contribution in [0.2, 0.25) is 0 Å². The number of rotatable bonds is 4. The summed E-state index contributed by atoms with van der Waals surface area (Å²) in [6.45, 7) is 5.75. The van der Waals surface area contributed by atoms with Crippen LogP contribution in [-0.4, -0.2) is 15.5 Å². The standard InChI is InChI=1S/C18H19F3O3S/c1-11(2)15-10-16(24-4)17(9-12(15)3)25(22,23)14-7-5-13(6-8-14)18(19,20)21/h5-11H,1-4H3. The van der Waals surface area contributed by atoms with Gasteiger partial charge in [-0.25, -0.2) is 8.42 Å². The van der Waals surface area contributed by atoms with Crippen molar-refractivity contribution in [3.63, 3.8) is 0 Å². The Labute approximate surface area is 145 Å². The average Bonchev–Trinajstić information content (AvgIpc) is 2.53. The molecular weight excluding hydrogens is 353 g/mol. The summed E-state index contributed by atoms with van der Waals surface area (Å²) in [6.07, 6.45) is -4.52. The van der Waals surface area contributed by atoms with Crippen LogP contribution in [0.4, 0.5) is 13.2 Å². The molecular formula is C18H19F3O3S. The third kappa shape index (κ3) is 3.81. The number of hydrogen-bond donors (Lipinski definition) is 0. The summed E-state index contributed by atoms with van der Waals surface area (Å²) < 4.78 is 68.9. The first-order valence-corrected chi connectivity index (χ1v) is 9.07. The molecule has 0 aromatic heterocycles. The van der Waals surface area contributed by atoms with Gasteiger partial charge in [0.25, 0.3) is 0 Å². The molecule has 0 aliphatic heterocycles. The van der Waals surface area contributed by atoms with Crippen LogP contribution in [0.15, 0.2) is 46.2 Å². The molecule has 3 nitrogen and oxygen atoms in total. The van der Waals surface area contributed by atoms with E-state index in [1.807, 2.05) is 13.8 Å². The summed E-state index contributed by atoms with van der Waals surface area (Å²) >= 11 is 0. The molecule has 0 amide bonds. The van der Waals surface area contributed by atoms with Crippen molar-refractivity contribution >= 4 is 9.84 Å². The minimum atomic E-state index is -4.52. The molecule has 2 rings (SSSR count). The van der Waals surface area contributed by atoms with Crippen LogP contribution in [0.1, 0.15) is 36.5 Å². The second-order valence-corrected chi connectivity index (χ2v) is 7.96. The van der Waals surface area contributed by atoms with Crippen LogP contribution in [0, 0.1) is 6.92 Å². The van der Waals surface area contributed by atoms with E-state index >= 15 is 0 Å². The lowest BCUT2D eigenvalue weighted by Gasteiger charge is -2.16. The van der Waals surface area contributed by atoms with Gasteiger partial charge in [0.15, 0.2) is 0 Å². The van der Waals surface area contributed by atoms with Crippen molar-refractivity contribution in [1.82, 2.24) is 0 Å². The second kappa shape index (κ2) is 6.71. The lowest BCUT2D eigenvalue weighted by Crippen LogP contribution is -2.08. The highest BCUT2D eigenvalue weighted by atomic mass is 32.2. The van der Waals surface area contributed by atoms with Crippen LogP contribution >= 0.6 is 0 Å². The molecule has 0 atom stereocenters. The quantitative estimate of drug-likeness (QED) is 0.760. The maximum absolute atomic E-state index is 12.8. The molecule has 0 aliphatic rings. The largest absolute Gasteiger partial charge is 0.495 e. The summed E-state index contributed by atoms with van der Waals surface area (Å²) in [5.74, 6) is 0.353. The molecule has 0 heterocycles. The SMILES string of the molecule is COc1cc(C(C)C)c(C)cc1S(=O)(=O)c1ccc(C(F)(F)F)cc1. The maximum Gasteiger partial charge on any atom is 0.416 e. The average molecular weight is 372 g/mol.